The normalized spacial score (nSPS) is 14.5. The first-order chi connectivity index (χ1) is 9.24. The Morgan fingerprint density at radius 2 is 2.05 bits per heavy atom. The second-order valence-electron chi connectivity index (χ2n) is 4.24. The molecular weight excluding hydrogens is 304 g/mol. The predicted molar refractivity (Wildman–Crippen MR) is 73.9 cm³/mol. The van der Waals surface area contributed by atoms with Crippen molar-refractivity contribution in [2.24, 2.45) is 5.92 Å². The molecule has 0 saturated heterocycles. The van der Waals surface area contributed by atoms with E-state index in [-0.39, 0.29) is 4.21 Å². The first-order valence-electron chi connectivity index (χ1n) is 5.79. The predicted octanol–water partition coefficient (Wildman–Crippen LogP) is 0.252. The molecule has 1 heterocycles. The molecule has 0 aromatic carbocycles. The van der Waals surface area contributed by atoms with Gasteiger partial charge in [0.05, 0.1) is 12.5 Å². The third-order valence-electron chi connectivity index (χ3n) is 2.71. The van der Waals surface area contributed by atoms with Crippen LogP contribution in [0.25, 0.3) is 0 Å². The number of amides is 1. The summed E-state index contributed by atoms with van der Waals surface area (Å²) in [6.45, 7) is 2.57. The lowest BCUT2D eigenvalue weighted by Crippen LogP contribution is -2.44. The van der Waals surface area contributed by atoms with Crippen LogP contribution in [0.4, 0.5) is 0 Å². The number of aliphatic carboxylic acids is 1. The van der Waals surface area contributed by atoms with Crippen LogP contribution < -0.4 is 10.0 Å². The Kier molecular flexibility index (Phi) is 5.66. The minimum absolute atomic E-state index is 0.122. The van der Waals surface area contributed by atoms with E-state index in [0.29, 0.717) is 0 Å². The summed E-state index contributed by atoms with van der Waals surface area (Å²) in [4.78, 5) is 22.3. The van der Waals surface area contributed by atoms with Gasteiger partial charge in [0.15, 0.2) is 0 Å². The fourth-order valence-electron chi connectivity index (χ4n) is 1.29. The Morgan fingerprint density at radius 1 is 1.40 bits per heavy atom. The van der Waals surface area contributed by atoms with E-state index in [1.807, 2.05) is 0 Å². The smallest absolute Gasteiger partial charge is 0.308 e. The fourth-order valence-corrected chi connectivity index (χ4v) is 3.31. The monoisotopic (exact) mass is 320 g/mol. The van der Waals surface area contributed by atoms with Crippen molar-refractivity contribution < 1.29 is 23.1 Å². The molecule has 0 aliphatic rings. The van der Waals surface area contributed by atoms with E-state index < -0.39 is 40.4 Å². The highest BCUT2D eigenvalue weighted by molar-refractivity contribution is 7.91. The quantitative estimate of drug-likeness (QED) is 0.667. The van der Waals surface area contributed by atoms with Gasteiger partial charge in [-0.2, -0.15) is 0 Å². The molecule has 2 unspecified atom stereocenters. The largest absolute Gasteiger partial charge is 0.481 e. The van der Waals surface area contributed by atoms with Gasteiger partial charge in [0.2, 0.25) is 5.91 Å². The van der Waals surface area contributed by atoms with Gasteiger partial charge in [-0.05, 0) is 25.3 Å². The summed E-state index contributed by atoms with van der Waals surface area (Å²) in [5.41, 5.74) is 0. The van der Waals surface area contributed by atoms with Crippen LogP contribution in [-0.2, 0) is 19.6 Å². The molecule has 0 fully saturated rings. The summed E-state index contributed by atoms with van der Waals surface area (Å²) in [7, 11) is -3.69. The van der Waals surface area contributed by atoms with Crippen LogP contribution in [0, 0.1) is 5.92 Å². The maximum absolute atomic E-state index is 11.8. The molecule has 0 spiro atoms. The maximum atomic E-state index is 11.8. The lowest BCUT2D eigenvalue weighted by molar-refractivity contribution is -0.142. The van der Waals surface area contributed by atoms with Crippen LogP contribution in [0.15, 0.2) is 21.7 Å². The van der Waals surface area contributed by atoms with Gasteiger partial charge in [0.25, 0.3) is 10.0 Å². The summed E-state index contributed by atoms with van der Waals surface area (Å²) in [6.07, 6.45) is 0. The lowest BCUT2D eigenvalue weighted by atomic mass is 10.0. The van der Waals surface area contributed by atoms with Crippen molar-refractivity contribution in [3.05, 3.63) is 17.5 Å². The van der Waals surface area contributed by atoms with E-state index >= 15 is 0 Å². The van der Waals surface area contributed by atoms with Crippen molar-refractivity contribution in [3.8, 4) is 0 Å². The molecule has 1 aromatic heterocycles. The average molecular weight is 320 g/mol. The molecule has 1 aromatic rings. The number of sulfonamides is 1. The third-order valence-corrected chi connectivity index (χ3v) is 5.51. The first-order valence-corrected chi connectivity index (χ1v) is 8.15. The van der Waals surface area contributed by atoms with Gasteiger partial charge in [-0.3, -0.25) is 9.59 Å². The molecule has 112 valence electrons. The van der Waals surface area contributed by atoms with Gasteiger partial charge in [-0.25, -0.2) is 13.1 Å². The summed E-state index contributed by atoms with van der Waals surface area (Å²) in [6, 6.07) is 2.43. The topological polar surface area (TPSA) is 113 Å². The number of hydrogen-bond donors (Lipinski definition) is 3. The minimum atomic E-state index is -3.69. The fraction of sp³-hybridized carbons (Fsp3) is 0.455. The summed E-state index contributed by atoms with van der Waals surface area (Å²) < 4.78 is 25.8. The van der Waals surface area contributed by atoms with Gasteiger partial charge in [-0.1, -0.05) is 6.07 Å². The van der Waals surface area contributed by atoms with E-state index in [4.69, 9.17) is 5.11 Å². The molecule has 0 radical (unpaired) electrons. The SMILES string of the molecule is CC(NC(=O)CNS(=O)(=O)c1cccs1)C(C)C(=O)O. The summed E-state index contributed by atoms with van der Waals surface area (Å²) in [5.74, 6) is -2.37. The van der Waals surface area contributed by atoms with Crippen molar-refractivity contribution in [3.63, 3.8) is 0 Å². The number of hydrogen-bond acceptors (Lipinski definition) is 5. The van der Waals surface area contributed by atoms with Crippen molar-refractivity contribution in [2.45, 2.75) is 24.1 Å². The Morgan fingerprint density at radius 3 is 2.55 bits per heavy atom. The van der Waals surface area contributed by atoms with E-state index in [0.717, 1.165) is 11.3 Å². The van der Waals surface area contributed by atoms with E-state index in [9.17, 15) is 18.0 Å². The van der Waals surface area contributed by atoms with Crippen molar-refractivity contribution in [1.29, 1.82) is 0 Å². The highest BCUT2D eigenvalue weighted by Crippen LogP contribution is 2.14. The van der Waals surface area contributed by atoms with Crippen molar-refractivity contribution >= 4 is 33.2 Å². The van der Waals surface area contributed by atoms with Crippen LogP contribution in [0.3, 0.4) is 0 Å². The van der Waals surface area contributed by atoms with Gasteiger partial charge in [0.1, 0.15) is 4.21 Å². The number of nitrogens with one attached hydrogen (secondary N) is 2. The highest BCUT2D eigenvalue weighted by Gasteiger charge is 2.22. The highest BCUT2D eigenvalue weighted by atomic mass is 32.2. The second-order valence-corrected chi connectivity index (χ2v) is 7.18. The number of carbonyl (C=O) groups excluding carboxylic acids is 1. The standard InChI is InChI=1S/C11H16N2O5S2/c1-7(11(15)16)8(2)13-9(14)6-12-20(17,18)10-4-3-5-19-10/h3-5,7-8,12H,6H2,1-2H3,(H,13,14)(H,15,16). The molecular formula is C11H16N2O5S2. The molecule has 9 heteroatoms. The number of thiophene rings is 1. The van der Waals surface area contributed by atoms with Crippen LogP contribution >= 0.6 is 11.3 Å². The molecule has 0 aliphatic carbocycles. The maximum Gasteiger partial charge on any atom is 0.308 e. The number of carboxylic acids is 1. The van der Waals surface area contributed by atoms with E-state index in [2.05, 4.69) is 10.0 Å². The van der Waals surface area contributed by atoms with Crippen LogP contribution in [0.5, 0.6) is 0 Å². The number of rotatable bonds is 7. The summed E-state index contributed by atoms with van der Waals surface area (Å²) in [5, 5.41) is 12.8. The van der Waals surface area contributed by atoms with Crippen molar-refractivity contribution in [2.75, 3.05) is 6.54 Å². The molecule has 7 nitrogen and oxygen atoms in total. The van der Waals surface area contributed by atoms with Crippen LogP contribution in [-0.4, -0.2) is 38.0 Å². The minimum Gasteiger partial charge on any atom is -0.481 e. The first kappa shape index (κ1) is 16.6. The third kappa shape index (κ3) is 4.58. The molecule has 0 aliphatic heterocycles. The van der Waals surface area contributed by atoms with Gasteiger partial charge in [-0.15, -0.1) is 11.3 Å². The molecule has 0 bridgehead atoms. The average Bonchev–Trinajstić information content (AvgIpc) is 2.90. The molecule has 1 rings (SSSR count). The molecule has 3 N–H and O–H groups in total. The zero-order valence-electron chi connectivity index (χ0n) is 11.0. The molecule has 0 saturated carbocycles. The Labute approximate surface area is 121 Å². The van der Waals surface area contributed by atoms with E-state index in [1.165, 1.54) is 13.0 Å². The van der Waals surface area contributed by atoms with Crippen molar-refractivity contribution in [1.82, 2.24) is 10.0 Å². The van der Waals surface area contributed by atoms with E-state index in [1.54, 1.807) is 18.4 Å². The lowest BCUT2D eigenvalue weighted by Gasteiger charge is -2.17. The Bertz CT molecular complexity index is 568. The number of carbonyl (C=O) groups is 2. The summed E-state index contributed by atoms with van der Waals surface area (Å²) >= 11 is 1.04. The molecule has 2 atom stereocenters. The van der Waals surface area contributed by atoms with Crippen LogP contribution in [0.2, 0.25) is 0 Å². The van der Waals surface area contributed by atoms with Gasteiger partial charge < -0.3 is 10.4 Å². The molecule has 20 heavy (non-hydrogen) atoms. The number of carboxylic acid groups (broad SMARTS) is 1. The second kappa shape index (κ2) is 6.82. The van der Waals surface area contributed by atoms with Crippen LogP contribution in [0.1, 0.15) is 13.8 Å². The zero-order chi connectivity index (χ0) is 15.3. The van der Waals surface area contributed by atoms with Gasteiger partial charge >= 0.3 is 5.97 Å². The van der Waals surface area contributed by atoms with Gasteiger partial charge in [0, 0.05) is 6.04 Å². The Hall–Kier alpha value is -1.45. The zero-order valence-corrected chi connectivity index (χ0v) is 12.6. The Balaban J connectivity index is 2.50. The molecule has 1 amide bonds.